The summed E-state index contributed by atoms with van der Waals surface area (Å²) >= 11 is 0. The van der Waals surface area contributed by atoms with Crippen LogP contribution in [0.4, 0.5) is 0 Å². The lowest BCUT2D eigenvalue weighted by Crippen LogP contribution is -2.48. The second kappa shape index (κ2) is 7.58. The van der Waals surface area contributed by atoms with Crippen molar-refractivity contribution in [3.63, 3.8) is 0 Å². The summed E-state index contributed by atoms with van der Waals surface area (Å²) < 4.78 is 0. The molecule has 2 aliphatic rings. The molecule has 112 valence electrons. The number of rotatable bonds is 5. The summed E-state index contributed by atoms with van der Waals surface area (Å²) in [7, 11) is 6.79. The van der Waals surface area contributed by atoms with Gasteiger partial charge in [0, 0.05) is 38.8 Å². The average molecular weight is 268 g/mol. The highest BCUT2D eigenvalue weighted by Crippen LogP contribution is 2.23. The summed E-state index contributed by atoms with van der Waals surface area (Å²) in [5.74, 6) is 0.858. The van der Waals surface area contributed by atoms with Crippen molar-refractivity contribution in [1.82, 2.24) is 20.0 Å². The summed E-state index contributed by atoms with van der Waals surface area (Å²) in [5, 5.41) is 3.44. The molecule has 4 heteroatoms. The zero-order valence-electron chi connectivity index (χ0n) is 13.1. The Hall–Kier alpha value is -0.160. The van der Waals surface area contributed by atoms with Gasteiger partial charge >= 0.3 is 0 Å². The van der Waals surface area contributed by atoms with Crippen LogP contribution < -0.4 is 5.32 Å². The monoisotopic (exact) mass is 268 g/mol. The first kappa shape index (κ1) is 15.2. The minimum atomic E-state index is 0.748. The fraction of sp³-hybridized carbons (Fsp3) is 1.00. The maximum Gasteiger partial charge on any atom is 0.0142 e. The van der Waals surface area contributed by atoms with Gasteiger partial charge in [-0.1, -0.05) is 0 Å². The first-order chi connectivity index (χ1) is 9.16. The number of hydrogen-bond acceptors (Lipinski definition) is 4. The van der Waals surface area contributed by atoms with Gasteiger partial charge in [-0.05, 0) is 59.4 Å². The van der Waals surface area contributed by atoms with Crippen LogP contribution in [0, 0.1) is 5.92 Å². The molecule has 0 aromatic carbocycles. The van der Waals surface area contributed by atoms with Crippen molar-refractivity contribution < 1.29 is 0 Å². The van der Waals surface area contributed by atoms with Crippen molar-refractivity contribution in [2.75, 3.05) is 67.0 Å². The fourth-order valence-electron chi connectivity index (χ4n) is 3.69. The van der Waals surface area contributed by atoms with E-state index in [9.17, 15) is 0 Å². The number of piperidine rings is 1. The van der Waals surface area contributed by atoms with Gasteiger partial charge in [0.1, 0.15) is 0 Å². The Kier molecular flexibility index (Phi) is 6.07. The van der Waals surface area contributed by atoms with Crippen LogP contribution in [0.3, 0.4) is 0 Å². The standard InChI is InChI=1S/C15H32N4/c1-17(2)15(14-5-4-9-18(3)13-14)6-10-19-11-7-16-8-12-19/h14-16H,4-13H2,1-3H3. The normalized spacial score (nSPS) is 28.7. The molecule has 2 aliphatic heterocycles. The first-order valence-corrected chi connectivity index (χ1v) is 7.95. The molecular formula is C15H32N4. The van der Waals surface area contributed by atoms with E-state index in [4.69, 9.17) is 0 Å². The van der Waals surface area contributed by atoms with E-state index in [1.54, 1.807) is 0 Å². The van der Waals surface area contributed by atoms with Gasteiger partial charge in [0.25, 0.3) is 0 Å². The molecule has 2 unspecified atom stereocenters. The number of likely N-dealkylation sites (tertiary alicyclic amines) is 1. The van der Waals surface area contributed by atoms with Crippen LogP contribution in [-0.4, -0.2) is 87.7 Å². The van der Waals surface area contributed by atoms with E-state index < -0.39 is 0 Å². The predicted octanol–water partition coefficient (Wildman–Crippen LogP) is 0.554. The van der Waals surface area contributed by atoms with E-state index in [1.165, 1.54) is 65.1 Å². The number of piperazine rings is 1. The third kappa shape index (κ3) is 4.71. The quantitative estimate of drug-likeness (QED) is 0.786. The van der Waals surface area contributed by atoms with E-state index in [0.717, 1.165) is 12.0 Å². The molecule has 2 heterocycles. The van der Waals surface area contributed by atoms with Crippen LogP contribution in [0.25, 0.3) is 0 Å². The lowest BCUT2D eigenvalue weighted by atomic mass is 9.88. The van der Waals surface area contributed by atoms with Crippen LogP contribution >= 0.6 is 0 Å². The second-order valence-electron chi connectivity index (χ2n) is 6.58. The first-order valence-electron chi connectivity index (χ1n) is 7.95. The highest BCUT2D eigenvalue weighted by molar-refractivity contribution is 4.83. The molecule has 0 saturated carbocycles. The van der Waals surface area contributed by atoms with Gasteiger partial charge in [-0.2, -0.15) is 0 Å². The van der Waals surface area contributed by atoms with E-state index in [1.807, 2.05) is 0 Å². The molecule has 0 spiro atoms. The Balaban J connectivity index is 1.81. The highest BCUT2D eigenvalue weighted by atomic mass is 15.2. The Morgan fingerprint density at radius 3 is 2.58 bits per heavy atom. The maximum atomic E-state index is 3.44. The summed E-state index contributed by atoms with van der Waals surface area (Å²) in [6, 6.07) is 0.748. The summed E-state index contributed by atoms with van der Waals surface area (Å²) in [6.07, 6.45) is 4.11. The Morgan fingerprint density at radius 2 is 1.95 bits per heavy atom. The Morgan fingerprint density at radius 1 is 1.21 bits per heavy atom. The smallest absolute Gasteiger partial charge is 0.0142 e. The molecule has 0 amide bonds. The van der Waals surface area contributed by atoms with Gasteiger partial charge in [0.15, 0.2) is 0 Å². The van der Waals surface area contributed by atoms with Crippen molar-refractivity contribution in [3.8, 4) is 0 Å². The largest absolute Gasteiger partial charge is 0.314 e. The molecule has 2 rings (SSSR count). The number of nitrogens with zero attached hydrogens (tertiary/aromatic N) is 3. The predicted molar refractivity (Wildman–Crippen MR) is 81.6 cm³/mol. The SMILES string of the molecule is CN1CCCC(C(CCN2CCNCC2)N(C)C)C1. The molecule has 0 aliphatic carbocycles. The van der Waals surface area contributed by atoms with Crippen LogP contribution in [0.15, 0.2) is 0 Å². The van der Waals surface area contributed by atoms with Crippen molar-refractivity contribution >= 4 is 0 Å². The van der Waals surface area contributed by atoms with Crippen LogP contribution in [0.5, 0.6) is 0 Å². The van der Waals surface area contributed by atoms with Gasteiger partial charge in [-0.15, -0.1) is 0 Å². The Labute approximate surface area is 119 Å². The third-order valence-corrected chi connectivity index (χ3v) is 4.82. The lowest BCUT2D eigenvalue weighted by molar-refractivity contribution is 0.103. The zero-order valence-corrected chi connectivity index (χ0v) is 13.1. The summed E-state index contributed by atoms with van der Waals surface area (Å²) in [6.45, 7) is 8.62. The van der Waals surface area contributed by atoms with Crippen molar-refractivity contribution in [2.24, 2.45) is 5.92 Å². The minimum absolute atomic E-state index is 0.748. The van der Waals surface area contributed by atoms with Crippen molar-refractivity contribution in [2.45, 2.75) is 25.3 Å². The van der Waals surface area contributed by atoms with Gasteiger partial charge in [0.05, 0.1) is 0 Å². The molecule has 2 atom stereocenters. The third-order valence-electron chi connectivity index (χ3n) is 4.82. The van der Waals surface area contributed by atoms with Gasteiger partial charge < -0.3 is 20.0 Å². The second-order valence-corrected chi connectivity index (χ2v) is 6.58. The van der Waals surface area contributed by atoms with Gasteiger partial charge in [-0.25, -0.2) is 0 Å². The number of nitrogens with one attached hydrogen (secondary N) is 1. The molecule has 0 radical (unpaired) electrons. The van der Waals surface area contributed by atoms with E-state index >= 15 is 0 Å². The topological polar surface area (TPSA) is 21.8 Å². The van der Waals surface area contributed by atoms with E-state index in [0.29, 0.717) is 0 Å². The highest BCUT2D eigenvalue weighted by Gasteiger charge is 2.27. The van der Waals surface area contributed by atoms with E-state index in [-0.39, 0.29) is 0 Å². The van der Waals surface area contributed by atoms with Crippen LogP contribution in [0.1, 0.15) is 19.3 Å². The Bertz CT molecular complexity index is 251. The molecular weight excluding hydrogens is 236 g/mol. The summed E-state index contributed by atoms with van der Waals surface area (Å²) in [5.41, 5.74) is 0. The maximum absolute atomic E-state index is 3.44. The van der Waals surface area contributed by atoms with Crippen LogP contribution in [-0.2, 0) is 0 Å². The average Bonchev–Trinajstić information content (AvgIpc) is 2.40. The molecule has 2 saturated heterocycles. The van der Waals surface area contributed by atoms with Crippen molar-refractivity contribution in [1.29, 1.82) is 0 Å². The molecule has 0 aromatic heterocycles. The molecule has 1 N–H and O–H groups in total. The zero-order chi connectivity index (χ0) is 13.7. The molecule has 2 fully saturated rings. The number of hydrogen-bond donors (Lipinski definition) is 1. The van der Waals surface area contributed by atoms with Crippen molar-refractivity contribution in [3.05, 3.63) is 0 Å². The minimum Gasteiger partial charge on any atom is -0.314 e. The molecule has 19 heavy (non-hydrogen) atoms. The summed E-state index contributed by atoms with van der Waals surface area (Å²) in [4.78, 5) is 7.60. The van der Waals surface area contributed by atoms with Crippen LogP contribution in [0.2, 0.25) is 0 Å². The molecule has 0 aromatic rings. The fourth-order valence-corrected chi connectivity index (χ4v) is 3.69. The lowest BCUT2D eigenvalue weighted by Gasteiger charge is -2.39. The van der Waals surface area contributed by atoms with Gasteiger partial charge in [0.2, 0.25) is 0 Å². The molecule has 0 bridgehead atoms. The van der Waals surface area contributed by atoms with Gasteiger partial charge in [-0.3, -0.25) is 0 Å². The van der Waals surface area contributed by atoms with E-state index in [2.05, 4.69) is 41.2 Å². The molecule has 4 nitrogen and oxygen atoms in total.